The molecule has 0 atom stereocenters. The third-order valence-electron chi connectivity index (χ3n) is 6.26. The fourth-order valence-electron chi connectivity index (χ4n) is 4.21. The Bertz CT molecular complexity index is 1390. The monoisotopic (exact) mass is 484 g/mol. The van der Waals surface area contributed by atoms with Gasteiger partial charge in [0.25, 0.3) is 0 Å². The molecule has 1 fully saturated rings. The largest absolute Gasteiger partial charge is 0.495 e. The predicted octanol–water partition coefficient (Wildman–Crippen LogP) is 4.30. The minimum atomic E-state index is -0.344. The van der Waals surface area contributed by atoms with Gasteiger partial charge in [-0.1, -0.05) is 18.7 Å². The van der Waals surface area contributed by atoms with E-state index in [1.54, 1.807) is 18.2 Å². The number of aromatic nitrogens is 3. The quantitative estimate of drug-likeness (QED) is 0.378. The van der Waals surface area contributed by atoms with Crippen LogP contribution in [0.3, 0.4) is 0 Å². The smallest absolute Gasteiger partial charge is 0.247 e. The van der Waals surface area contributed by atoms with Gasteiger partial charge in [-0.15, -0.1) is 0 Å². The van der Waals surface area contributed by atoms with Crippen LogP contribution in [0.4, 0.5) is 11.4 Å². The Hall–Kier alpha value is -4.37. The number of carbonyl (C=O) groups is 1. The first kappa shape index (κ1) is 23.4. The average Bonchev–Trinajstić information content (AvgIpc) is 3.35. The van der Waals surface area contributed by atoms with Gasteiger partial charge >= 0.3 is 0 Å². The van der Waals surface area contributed by atoms with Crippen LogP contribution in [0.25, 0.3) is 22.3 Å². The third kappa shape index (κ3) is 4.87. The van der Waals surface area contributed by atoms with Crippen molar-refractivity contribution >= 4 is 28.3 Å². The van der Waals surface area contributed by atoms with E-state index in [9.17, 15) is 4.79 Å². The van der Waals surface area contributed by atoms with Gasteiger partial charge in [0.15, 0.2) is 0 Å². The minimum absolute atomic E-state index is 0.344. The zero-order valence-electron chi connectivity index (χ0n) is 20.3. The van der Waals surface area contributed by atoms with Gasteiger partial charge in [0.2, 0.25) is 11.8 Å². The van der Waals surface area contributed by atoms with E-state index in [0.717, 1.165) is 42.8 Å². The van der Waals surface area contributed by atoms with Gasteiger partial charge in [-0.3, -0.25) is 4.79 Å². The van der Waals surface area contributed by atoms with E-state index in [4.69, 9.17) is 9.47 Å². The van der Waals surface area contributed by atoms with Gasteiger partial charge in [-0.05, 0) is 49.0 Å². The number of likely N-dealkylation sites (N-methyl/N-ethyl adjacent to an activating group) is 1. The van der Waals surface area contributed by atoms with Crippen molar-refractivity contribution in [3.63, 3.8) is 0 Å². The molecule has 3 heterocycles. The highest BCUT2D eigenvalue weighted by atomic mass is 16.5. The van der Waals surface area contributed by atoms with Gasteiger partial charge in [0.1, 0.15) is 23.5 Å². The number of hydrogen-bond acceptors (Lipinski definition) is 7. The van der Waals surface area contributed by atoms with Crippen molar-refractivity contribution in [1.82, 2.24) is 19.9 Å². The van der Waals surface area contributed by atoms with Crippen LogP contribution in [-0.4, -0.2) is 66.1 Å². The molecule has 1 aliphatic rings. The number of rotatable bonds is 7. The van der Waals surface area contributed by atoms with Gasteiger partial charge in [-0.25, -0.2) is 9.97 Å². The Kier molecular flexibility index (Phi) is 6.55. The Morgan fingerprint density at radius 1 is 1.08 bits per heavy atom. The van der Waals surface area contributed by atoms with Crippen molar-refractivity contribution in [3.05, 3.63) is 67.5 Å². The molecule has 2 aromatic heterocycles. The zero-order valence-corrected chi connectivity index (χ0v) is 20.3. The lowest BCUT2D eigenvalue weighted by Crippen LogP contribution is -2.44. The molecule has 1 saturated heterocycles. The van der Waals surface area contributed by atoms with Crippen molar-refractivity contribution in [1.29, 1.82) is 0 Å². The van der Waals surface area contributed by atoms with E-state index in [0.29, 0.717) is 28.7 Å². The molecule has 36 heavy (non-hydrogen) atoms. The lowest BCUT2D eigenvalue weighted by molar-refractivity contribution is -0.111. The van der Waals surface area contributed by atoms with Crippen molar-refractivity contribution in [3.8, 4) is 28.6 Å². The maximum atomic E-state index is 11.8. The van der Waals surface area contributed by atoms with Gasteiger partial charge in [0.05, 0.1) is 18.2 Å². The van der Waals surface area contributed by atoms with Crippen LogP contribution in [0, 0.1) is 0 Å². The topological polar surface area (TPSA) is 95.6 Å². The van der Waals surface area contributed by atoms with E-state index < -0.39 is 0 Å². The van der Waals surface area contributed by atoms with Crippen LogP contribution < -0.4 is 19.7 Å². The molecule has 9 nitrogen and oxygen atoms in total. The number of anilines is 2. The number of methoxy groups -OCH3 is 1. The van der Waals surface area contributed by atoms with Crippen LogP contribution in [-0.2, 0) is 4.79 Å². The van der Waals surface area contributed by atoms with Crippen LogP contribution in [0.5, 0.6) is 17.4 Å². The number of amides is 1. The van der Waals surface area contributed by atoms with E-state index in [-0.39, 0.29) is 5.91 Å². The zero-order chi connectivity index (χ0) is 25.1. The van der Waals surface area contributed by atoms with Crippen molar-refractivity contribution < 1.29 is 14.3 Å². The molecule has 184 valence electrons. The maximum absolute atomic E-state index is 11.8. The summed E-state index contributed by atoms with van der Waals surface area (Å²) in [6, 6.07) is 15.7. The van der Waals surface area contributed by atoms with Crippen molar-refractivity contribution in [2.24, 2.45) is 0 Å². The summed E-state index contributed by atoms with van der Waals surface area (Å²) in [5, 5.41) is 3.48. The second kappa shape index (κ2) is 10.1. The number of piperazine rings is 1. The Balaban J connectivity index is 1.39. The van der Waals surface area contributed by atoms with E-state index >= 15 is 0 Å². The number of hydrogen-bond donors (Lipinski definition) is 2. The summed E-state index contributed by atoms with van der Waals surface area (Å²) in [7, 11) is 3.69. The average molecular weight is 485 g/mol. The molecule has 0 bridgehead atoms. The molecular weight excluding hydrogens is 456 g/mol. The molecule has 0 radical (unpaired) electrons. The Morgan fingerprint density at radius 3 is 2.58 bits per heavy atom. The first-order valence-corrected chi connectivity index (χ1v) is 11.7. The van der Waals surface area contributed by atoms with Crippen molar-refractivity contribution in [2.45, 2.75) is 0 Å². The van der Waals surface area contributed by atoms with Crippen molar-refractivity contribution in [2.75, 3.05) is 50.6 Å². The molecule has 0 spiro atoms. The molecular formula is C27H28N6O3. The second-order valence-corrected chi connectivity index (χ2v) is 8.62. The van der Waals surface area contributed by atoms with Crippen LogP contribution in [0.1, 0.15) is 0 Å². The van der Waals surface area contributed by atoms with Crippen LogP contribution in [0.2, 0.25) is 0 Å². The minimum Gasteiger partial charge on any atom is -0.495 e. The van der Waals surface area contributed by atoms with Gasteiger partial charge < -0.3 is 29.6 Å². The normalized spacial score (nSPS) is 14.0. The lowest BCUT2D eigenvalue weighted by Gasteiger charge is -2.34. The fourth-order valence-corrected chi connectivity index (χ4v) is 4.21. The third-order valence-corrected chi connectivity index (χ3v) is 6.26. The van der Waals surface area contributed by atoms with Gasteiger partial charge in [0, 0.05) is 43.6 Å². The summed E-state index contributed by atoms with van der Waals surface area (Å²) < 4.78 is 11.4. The van der Waals surface area contributed by atoms with Crippen LogP contribution in [0.15, 0.2) is 67.5 Å². The first-order valence-electron chi connectivity index (χ1n) is 11.7. The summed E-state index contributed by atoms with van der Waals surface area (Å²) >= 11 is 0. The molecule has 0 unspecified atom stereocenters. The van der Waals surface area contributed by atoms with Gasteiger partial charge in [-0.2, -0.15) is 0 Å². The van der Waals surface area contributed by atoms with E-state index in [1.165, 1.54) is 25.2 Å². The van der Waals surface area contributed by atoms with E-state index in [2.05, 4.69) is 68.0 Å². The molecule has 5 rings (SSSR count). The number of nitrogens with zero attached hydrogens (tertiary/aromatic N) is 4. The number of carbonyl (C=O) groups excluding carboxylic acids is 1. The van der Waals surface area contributed by atoms with Crippen LogP contribution >= 0.6 is 0 Å². The highest BCUT2D eigenvalue weighted by molar-refractivity contribution is 6.00. The SMILES string of the molecule is C=CC(=O)Nc1cc(Oc2ncnc3[nH]c(-c4ccc(N5CCN(C)CC5)cc4)cc23)ccc1OC. The molecule has 0 aliphatic carbocycles. The molecule has 1 aliphatic heterocycles. The first-order chi connectivity index (χ1) is 17.5. The molecule has 2 N–H and O–H groups in total. The molecule has 0 saturated carbocycles. The Labute approximate surface area is 209 Å². The summed E-state index contributed by atoms with van der Waals surface area (Å²) in [5.74, 6) is 1.07. The molecule has 1 amide bonds. The molecule has 9 heteroatoms. The predicted molar refractivity (Wildman–Crippen MR) is 141 cm³/mol. The highest BCUT2D eigenvalue weighted by Gasteiger charge is 2.16. The summed E-state index contributed by atoms with van der Waals surface area (Å²) in [6.45, 7) is 7.69. The lowest BCUT2D eigenvalue weighted by atomic mass is 10.1. The maximum Gasteiger partial charge on any atom is 0.247 e. The number of benzene rings is 2. The highest BCUT2D eigenvalue weighted by Crippen LogP contribution is 2.34. The number of nitrogens with one attached hydrogen (secondary N) is 2. The fraction of sp³-hybridized carbons (Fsp3) is 0.222. The number of H-pyrrole nitrogens is 1. The summed E-state index contributed by atoms with van der Waals surface area (Å²) in [4.78, 5) is 28.6. The summed E-state index contributed by atoms with van der Waals surface area (Å²) in [6.07, 6.45) is 2.65. The number of aromatic amines is 1. The second-order valence-electron chi connectivity index (χ2n) is 8.62. The summed E-state index contributed by atoms with van der Waals surface area (Å²) in [5.41, 5.74) is 4.35. The number of fused-ring (bicyclic) bond motifs is 1. The Morgan fingerprint density at radius 2 is 1.86 bits per heavy atom. The molecule has 2 aromatic carbocycles. The standard InChI is InChI=1S/C27H28N6O3/c1-4-25(34)30-23-15-20(9-10-24(23)35-3)36-27-21-16-22(31-26(21)28-17-29-27)18-5-7-19(8-6-18)33-13-11-32(2)12-14-33/h4-10,15-17H,1,11-14H2,2-3H3,(H,30,34)(H,28,29,31). The molecule has 4 aromatic rings. The number of ether oxygens (including phenoxy) is 2. The van der Waals surface area contributed by atoms with E-state index in [1.807, 2.05) is 6.07 Å².